The molecule has 5 aromatic rings. The lowest BCUT2D eigenvalue weighted by atomic mass is 9.99. The molecule has 0 aliphatic heterocycles. The number of hydrogen-bond acceptors (Lipinski definition) is 2. The first-order valence-electron chi connectivity index (χ1n) is 9.81. The maximum Gasteiger partial charge on any atom is 0.161 e. The summed E-state index contributed by atoms with van der Waals surface area (Å²) in [6.45, 7) is 4.23. The van der Waals surface area contributed by atoms with Crippen molar-refractivity contribution < 1.29 is 4.42 Å². The summed E-state index contributed by atoms with van der Waals surface area (Å²) in [5, 5.41) is 1.08. The Labute approximate surface area is 170 Å². The highest BCUT2D eigenvalue weighted by atomic mass is 16.3. The second-order valence-corrected chi connectivity index (χ2v) is 7.48. The van der Waals surface area contributed by atoms with Crippen LogP contribution in [-0.4, -0.2) is 4.98 Å². The molecule has 2 nitrogen and oxygen atoms in total. The zero-order chi connectivity index (χ0) is 19.8. The third-order valence-corrected chi connectivity index (χ3v) is 5.20. The van der Waals surface area contributed by atoms with Crippen molar-refractivity contribution in [1.29, 1.82) is 0 Å². The maximum atomic E-state index is 6.42. The van der Waals surface area contributed by atoms with Crippen LogP contribution in [0.5, 0.6) is 0 Å². The second kappa shape index (κ2) is 7.06. The lowest BCUT2D eigenvalue weighted by molar-refractivity contribution is 0.631. The highest BCUT2D eigenvalue weighted by Gasteiger charge is 2.17. The third kappa shape index (κ3) is 3.23. The number of rotatable bonds is 3. The van der Waals surface area contributed by atoms with Gasteiger partial charge in [0.2, 0.25) is 0 Å². The number of pyridine rings is 1. The van der Waals surface area contributed by atoms with Gasteiger partial charge in [-0.05, 0) is 37.6 Å². The van der Waals surface area contributed by atoms with Crippen molar-refractivity contribution in [3.63, 3.8) is 0 Å². The summed E-state index contributed by atoms with van der Waals surface area (Å²) in [6.07, 6.45) is 1.97. The maximum absolute atomic E-state index is 6.42. The molecule has 0 saturated carbocycles. The predicted octanol–water partition coefficient (Wildman–Crippen LogP) is 7.45. The van der Waals surface area contributed by atoms with Gasteiger partial charge in [-0.2, -0.15) is 0 Å². The van der Waals surface area contributed by atoms with E-state index in [1.54, 1.807) is 0 Å². The van der Waals surface area contributed by atoms with Crippen LogP contribution in [0.3, 0.4) is 0 Å². The van der Waals surface area contributed by atoms with Gasteiger partial charge in [-0.1, -0.05) is 77.9 Å². The Balaban J connectivity index is 1.80. The summed E-state index contributed by atoms with van der Waals surface area (Å²) >= 11 is 0. The Bertz CT molecular complexity index is 1280. The highest BCUT2D eigenvalue weighted by molar-refractivity contribution is 6.02. The minimum absolute atomic E-state index is 0.829. The van der Waals surface area contributed by atoms with Gasteiger partial charge in [0.05, 0.1) is 0 Å². The van der Waals surface area contributed by atoms with Crippen LogP contribution in [0.1, 0.15) is 11.1 Å². The molecule has 0 bridgehead atoms. The standard InChI is InChI=1S/C27H21NO/c1-18-13-19(2)15-22(14-18)26-27-23(16-25(29-27)21-11-7-4-8-12-21)24(17-28-26)20-9-5-3-6-10-20/h3-17H,1-2H3. The van der Waals surface area contributed by atoms with Gasteiger partial charge in [0.15, 0.2) is 5.58 Å². The minimum atomic E-state index is 0.829. The van der Waals surface area contributed by atoms with Crippen LogP contribution in [0.4, 0.5) is 0 Å². The van der Waals surface area contributed by atoms with Crippen LogP contribution >= 0.6 is 0 Å². The molecule has 0 aliphatic rings. The van der Waals surface area contributed by atoms with Crippen molar-refractivity contribution in [2.24, 2.45) is 0 Å². The molecule has 5 rings (SSSR count). The Hall–Kier alpha value is -3.65. The average molecular weight is 375 g/mol. The first-order chi connectivity index (χ1) is 14.2. The summed E-state index contributed by atoms with van der Waals surface area (Å²) in [7, 11) is 0. The molecule has 0 fully saturated rings. The highest BCUT2D eigenvalue weighted by Crippen LogP contribution is 2.39. The fraction of sp³-hybridized carbons (Fsp3) is 0.0741. The van der Waals surface area contributed by atoms with Gasteiger partial charge in [-0.3, -0.25) is 4.98 Å². The van der Waals surface area contributed by atoms with Gasteiger partial charge >= 0.3 is 0 Å². The van der Waals surface area contributed by atoms with E-state index in [1.165, 1.54) is 11.1 Å². The molecule has 0 atom stereocenters. The van der Waals surface area contributed by atoms with E-state index >= 15 is 0 Å². The summed E-state index contributed by atoms with van der Waals surface area (Å²) < 4.78 is 6.42. The number of hydrogen-bond donors (Lipinski definition) is 0. The van der Waals surface area contributed by atoms with Gasteiger partial charge in [0.1, 0.15) is 11.5 Å². The van der Waals surface area contributed by atoms with Crippen molar-refractivity contribution in [2.45, 2.75) is 13.8 Å². The number of nitrogens with zero attached hydrogens (tertiary/aromatic N) is 1. The van der Waals surface area contributed by atoms with E-state index in [2.05, 4.69) is 74.5 Å². The van der Waals surface area contributed by atoms with Crippen LogP contribution in [-0.2, 0) is 0 Å². The number of benzene rings is 3. The van der Waals surface area contributed by atoms with E-state index in [1.807, 2.05) is 30.5 Å². The van der Waals surface area contributed by atoms with Crippen LogP contribution in [0.25, 0.3) is 44.7 Å². The first-order valence-corrected chi connectivity index (χ1v) is 9.81. The molecule has 0 unspecified atom stereocenters. The summed E-state index contributed by atoms with van der Waals surface area (Å²) in [5.74, 6) is 0.858. The molecule has 0 amide bonds. The fourth-order valence-electron chi connectivity index (χ4n) is 3.93. The molecule has 0 saturated heterocycles. The van der Waals surface area contributed by atoms with Crippen molar-refractivity contribution in [3.05, 3.63) is 102 Å². The van der Waals surface area contributed by atoms with E-state index < -0.39 is 0 Å². The average Bonchev–Trinajstić information content (AvgIpc) is 3.19. The molecule has 2 heterocycles. The molecule has 29 heavy (non-hydrogen) atoms. The van der Waals surface area contributed by atoms with E-state index in [0.29, 0.717) is 0 Å². The summed E-state index contributed by atoms with van der Waals surface area (Å²) in [6, 6.07) is 29.2. The lowest BCUT2D eigenvalue weighted by Gasteiger charge is -2.08. The molecule has 0 spiro atoms. The lowest BCUT2D eigenvalue weighted by Crippen LogP contribution is -1.89. The quantitative estimate of drug-likeness (QED) is 0.327. The topological polar surface area (TPSA) is 26.0 Å². The Morgan fingerprint density at radius 3 is 1.93 bits per heavy atom. The molecule has 2 heteroatoms. The zero-order valence-electron chi connectivity index (χ0n) is 16.5. The van der Waals surface area contributed by atoms with E-state index in [9.17, 15) is 0 Å². The van der Waals surface area contributed by atoms with E-state index in [4.69, 9.17) is 9.40 Å². The van der Waals surface area contributed by atoms with Crippen LogP contribution < -0.4 is 0 Å². The third-order valence-electron chi connectivity index (χ3n) is 5.20. The Morgan fingerprint density at radius 2 is 1.28 bits per heavy atom. The molecule has 0 radical (unpaired) electrons. The van der Waals surface area contributed by atoms with Crippen molar-refractivity contribution in [1.82, 2.24) is 4.98 Å². The van der Waals surface area contributed by atoms with Gasteiger partial charge < -0.3 is 4.42 Å². The summed E-state index contributed by atoms with van der Waals surface area (Å²) in [5.41, 5.74) is 8.52. The van der Waals surface area contributed by atoms with E-state index in [-0.39, 0.29) is 0 Å². The molecule has 0 N–H and O–H groups in total. The monoisotopic (exact) mass is 375 g/mol. The number of aromatic nitrogens is 1. The predicted molar refractivity (Wildman–Crippen MR) is 120 cm³/mol. The smallest absolute Gasteiger partial charge is 0.161 e. The minimum Gasteiger partial charge on any atom is -0.454 e. The van der Waals surface area contributed by atoms with Crippen molar-refractivity contribution in [2.75, 3.05) is 0 Å². The Morgan fingerprint density at radius 1 is 0.655 bits per heavy atom. The first kappa shape index (κ1) is 17.4. The molecule has 0 aliphatic carbocycles. The van der Waals surface area contributed by atoms with Gasteiger partial charge in [-0.15, -0.1) is 0 Å². The number of furan rings is 1. The summed E-state index contributed by atoms with van der Waals surface area (Å²) in [4.78, 5) is 4.85. The SMILES string of the molecule is Cc1cc(C)cc(-c2ncc(-c3ccccc3)c3cc(-c4ccccc4)oc23)c1. The molecule has 2 aromatic heterocycles. The Kier molecular flexibility index (Phi) is 4.25. The van der Waals surface area contributed by atoms with Crippen LogP contribution in [0.2, 0.25) is 0 Å². The largest absolute Gasteiger partial charge is 0.454 e. The zero-order valence-corrected chi connectivity index (χ0v) is 16.5. The van der Waals surface area contributed by atoms with Crippen molar-refractivity contribution >= 4 is 11.0 Å². The molecular weight excluding hydrogens is 354 g/mol. The van der Waals surface area contributed by atoms with E-state index in [0.717, 1.165) is 44.7 Å². The van der Waals surface area contributed by atoms with Crippen LogP contribution in [0.15, 0.2) is 95.5 Å². The molecule has 3 aromatic carbocycles. The van der Waals surface area contributed by atoms with Gasteiger partial charge in [0, 0.05) is 28.3 Å². The fourth-order valence-corrected chi connectivity index (χ4v) is 3.93. The number of aryl methyl sites for hydroxylation is 2. The number of fused-ring (bicyclic) bond motifs is 1. The normalized spacial score (nSPS) is 11.1. The van der Waals surface area contributed by atoms with Crippen LogP contribution in [0, 0.1) is 13.8 Å². The van der Waals surface area contributed by atoms with Crippen molar-refractivity contribution in [3.8, 4) is 33.7 Å². The molecule has 140 valence electrons. The van der Waals surface area contributed by atoms with Gasteiger partial charge in [0.25, 0.3) is 0 Å². The van der Waals surface area contributed by atoms with Gasteiger partial charge in [-0.25, -0.2) is 0 Å². The second-order valence-electron chi connectivity index (χ2n) is 7.48. The molecular formula is C27H21NO.